The highest BCUT2D eigenvalue weighted by Gasteiger charge is 2.28. The van der Waals surface area contributed by atoms with Crippen LogP contribution in [0.25, 0.3) is 0 Å². The summed E-state index contributed by atoms with van der Waals surface area (Å²) in [4.78, 5) is 47.8. The molecule has 0 fully saturated rings. The molecule has 1 heterocycles. The van der Waals surface area contributed by atoms with Crippen LogP contribution in [-0.4, -0.2) is 63.5 Å². The summed E-state index contributed by atoms with van der Waals surface area (Å²) in [7, 11) is 0. The average molecular weight is 459 g/mol. The molecule has 2 amide bonds. The van der Waals surface area contributed by atoms with E-state index in [1.165, 1.54) is 12.5 Å². The van der Waals surface area contributed by atoms with Gasteiger partial charge < -0.3 is 37.9 Å². The van der Waals surface area contributed by atoms with Crippen molar-refractivity contribution in [3.63, 3.8) is 0 Å². The number of hydrogen-bond acceptors (Lipinski definition) is 6. The van der Waals surface area contributed by atoms with E-state index < -0.39 is 35.9 Å². The van der Waals surface area contributed by atoms with E-state index in [-0.39, 0.29) is 31.8 Å². The minimum Gasteiger partial charge on any atom is -0.480 e. The Morgan fingerprint density at radius 2 is 1.76 bits per heavy atom. The van der Waals surface area contributed by atoms with Gasteiger partial charge >= 0.3 is 5.97 Å². The fourth-order valence-electron chi connectivity index (χ4n) is 3.10. The number of H-pyrrole nitrogens is 1. The van der Waals surface area contributed by atoms with Gasteiger partial charge in [-0.3, -0.25) is 14.6 Å². The molecule has 0 saturated heterocycles. The Morgan fingerprint density at radius 1 is 1.06 bits per heavy atom. The lowest BCUT2D eigenvalue weighted by molar-refractivity contribution is -0.142. The predicted molar refractivity (Wildman–Crippen MR) is 122 cm³/mol. The molecule has 2 aromatic rings. The van der Waals surface area contributed by atoms with Crippen LogP contribution in [0.4, 0.5) is 0 Å². The second kappa shape index (κ2) is 12.8. The van der Waals surface area contributed by atoms with Crippen molar-refractivity contribution in [1.29, 1.82) is 0 Å². The van der Waals surface area contributed by atoms with Crippen molar-refractivity contribution in [2.45, 2.75) is 43.8 Å². The number of hydrogen-bond donors (Lipinski definition) is 7. The molecule has 10 N–H and O–H groups in total. The Bertz CT molecular complexity index is 929. The maximum Gasteiger partial charge on any atom is 0.326 e. The van der Waals surface area contributed by atoms with Crippen LogP contribution in [0.3, 0.4) is 0 Å². The third-order valence-electron chi connectivity index (χ3n) is 4.81. The number of carbonyl (C=O) groups is 3. The number of carbonyl (C=O) groups excluding carboxylic acids is 2. The quantitative estimate of drug-likeness (QED) is 0.108. The van der Waals surface area contributed by atoms with Gasteiger partial charge in [-0.05, 0) is 24.8 Å². The van der Waals surface area contributed by atoms with E-state index >= 15 is 0 Å². The summed E-state index contributed by atoms with van der Waals surface area (Å²) in [5, 5.41) is 14.6. The number of carboxylic acid groups (broad SMARTS) is 1. The van der Waals surface area contributed by atoms with Gasteiger partial charge in [0.1, 0.15) is 12.1 Å². The van der Waals surface area contributed by atoms with Gasteiger partial charge in [-0.1, -0.05) is 30.3 Å². The second-order valence-corrected chi connectivity index (χ2v) is 7.49. The van der Waals surface area contributed by atoms with Crippen molar-refractivity contribution in [2.75, 3.05) is 6.54 Å². The van der Waals surface area contributed by atoms with Crippen LogP contribution < -0.4 is 27.8 Å². The maximum atomic E-state index is 12.9. The normalized spacial score (nSPS) is 13.4. The molecule has 0 spiro atoms. The first kappa shape index (κ1) is 25.3. The van der Waals surface area contributed by atoms with E-state index in [1.54, 1.807) is 0 Å². The van der Waals surface area contributed by atoms with Crippen molar-refractivity contribution in [2.24, 2.45) is 22.2 Å². The number of aliphatic carboxylic acids is 1. The Labute approximate surface area is 191 Å². The number of carboxylic acids is 1. The Morgan fingerprint density at radius 3 is 2.36 bits per heavy atom. The summed E-state index contributed by atoms with van der Waals surface area (Å²) in [6.07, 6.45) is 3.77. The molecule has 33 heavy (non-hydrogen) atoms. The summed E-state index contributed by atoms with van der Waals surface area (Å²) in [5.41, 5.74) is 18.0. The van der Waals surface area contributed by atoms with E-state index in [9.17, 15) is 19.5 Å². The number of aromatic amines is 1. The number of nitrogens with two attached hydrogens (primary N) is 3. The van der Waals surface area contributed by atoms with Gasteiger partial charge in [-0.15, -0.1) is 0 Å². The van der Waals surface area contributed by atoms with Crippen LogP contribution in [0.5, 0.6) is 0 Å². The number of aliphatic imine (C=N–C) groups is 1. The molecule has 0 aliphatic heterocycles. The summed E-state index contributed by atoms with van der Waals surface area (Å²) in [6.45, 7) is 0.227. The summed E-state index contributed by atoms with van der Waals surface area (Å²) >= 11 is 0. The fraction of sp³-hybridized carbons (Fsp3) is 0.381. The van der Waals surface area contributed by atoms with Crippen LogP contribution in [0.2, 0.25) is 0 Å². The Hall–Kier alpha value is -3.93. The summed E-state index contributed by atoms with van der Waals surface area (Å²) < 4.78 is 0. The highest BCUT2D eigenvalue weighted by Crippen LogP contribution is 2.06. The second-order valence-electron chi connectivity index (χ2n) is 7.49. The van der Waals surface area contributed by atoms with Gasteiger partial charge in [-0.25, -0.2) is 9.78 Å². The molecule has 0 radical (unpaired) electrons. The van der Waals surface area contributed by atoms with Gasteiger partial charge in [0.15, 0.2) is 5.96 Å². The van der Waals surface area contributed by atoms with Crippen LogP contribution in [0, 0.1) is 0 Å². The maximum absolute atomic E-state index is 12.9. The molecule has 3 atom stereocenters. The van der Waals surface area contributed by atoms with Crippen molar-refractivity contribution >= 4 is 23.7 Å². The molecule has 0 saturated carbocycles. The highest BCUT2D eigenvalue weighted by molar-refractivity contribution is 5.92. The number of rotatable bonds is 13. The van der Waals surface area contributed by atoms with E-state index in [0.717, 1.165) is 5.56 Å². The standard InChI is InChI=1S/C21H30N8O4/c22-15(9-13-5-2-1-3-6-13)18(30)29-17(10-14-11-25-12-27-14)19(31)28-16(20(32)33)7-4-8-26-21(23)24/h1-3,5-6,11-12,15-17H,4,7-10,22H2,(H,25,27)(H,28,31)(H,29,30)(H,32,33)(H4,23,24,26). The van der Waals surface area contributed by atoms with Crippen molar-refractivity contribution in [1.82, 2.24) is 20.6 Å². The lowest BCUT2D eigenvalue weighted by Gasteiger charge is -2.22. The lowest BCUT2D eigenvalue weighted by atomic mass is 10.0. The third-order valence-corrected chi connectivity index (χ3v) is 4.81. The number of aromatic nitrogens is 2. The van der Waals surface area contributed by atoms with E-state index in [1.807, 2.05) is 30.3 Å². The smallest absolute Gasteiger partial charge is 0.326 e. The van der Waals surface area contributed by atoms with Crippen molar-refractivity contribution in [3.8, 4) is 0 Å². The molecular weight excluding hydrogens is 428 g/mol. The van der Waals surface area contributed by atoms with Gasteiger partial charge in [0, 0.05) is 24.9 Å². The molecule has 0 aliphatic rings. The Balaban J connectivity index is 2.04. The van der Waals surface area contributed by atoms with Crippen molar-refractivity contribution < 1.29 is 19.5 Å². The first-order valence-electron chi connectivity index (χ1n) is 10.4. The number of nitrogens with one attached hydrogen (secondary N) is 3. The van der Waals surface area contributed by atoms with Crippen LogP contribution in [0.1, 0.15) is 24.1 Å². The number of guanidine groups is 1. The molecule has 178 valence electrons. The Kier molecular flexibility index (Phi) is 9.83. The lowest BCUT2D eigenvalue weighted by Crippen LogP contribution is -2.55. The average Bonchev–Trinajstić information content (AvgIpc) is 3.28. The van der Waals surface area contributed by atoms with Gasteiger partial charge in [-0.2, -0.15) is 0 Å². The van der Waals surface area contributed by atoms with Crippen LogP contribution >= 0.6 is 0 Å². The number of imidazole rings is 1. The van der Waals surface area contributed by atoms with Crippen LogP contribution in [-0.2, 0) is 27.2 Å². The molecule has 1 aromatic carbocycles. The minimum absolute atomic E-state index is 0.0793. The van der Waals surface area contributed by atoms with Gasteiger partial charge in [0.05, 0.1) is 12.4 Å². The molecule has 0 bridgehead atoms. The molecule has 12 heteroatoms. The molecule has 3 unspecified atom stereocenters. The summed E-state index contributed by atoms with van der Waals surface area (Å²) in [5.74, 6) is -2.49. The molecule has 0 aliphatic carbocycles. The molecule has 12 nitrogen and oxygen atoms in total. The number of amides is 2. The van der Waals surface area contributed by atoms with E-state index in [0.29, 0.717) is 12.1 Å². The zero-order chi connectivity index (χ0) is 24.2. The fourth-order valence-corrected chi connectivity index (χ4v) is 3.10. The largest absolute Gasteiger partial charge is 0.480 e. The van der Waals surface area contributed by atoms with E-state index in [2.05, 4.69) is 25.6 Å². The monoisotopic (exact) mass is 458 g/mol. The SMILES string of the molecule is NC(N)=NCCCC(NC(=O)C(Cc1cnc[nH]1)NC(=O)C(N)Cc1ccccc1)C(=O)O. The molecular formula is C21H30N8O4. The summed E-state index contributed by atoms with van der Waals surface area (Å²) in [6, 6.07) is 6.12. The van der Waals surface area contributed by atoms with Crippen LogP contribution in [0.15, 0.2) is 47.8 Å². The first-order chi connectivity index (χ1) is 15.8. The van der Waals surface area contributed by atoms with Gasteiger partial charge in [0.2, 0.25) is 11.8 Å². The number of nitrogens with zero attached hydrogens (tertiary/aromatic N) is 2. The number of benzene rings is 1. The zero-order valence-corrected chi connectivity index (χ0v) is 18.1. The minimum atomic E-state index is -1.21. The topological polar surface area (TPSA) is 215 Å². The zero-order valence-electron chi connectivity index (χ0n) is 18.1. The molecule has 1 aromatic heterocycles. The predicted octanol–water partition coefficient (Wildman–Crippen LogP) is -1.37. The highest BCUT2D eigenvalue weighted by atomic mass is 16.4. The molecule has 2 rings (SSSR count). The van der Waals surface area contributed by atoms with Crippen molar-refractivity contribution in [3.05, 3.63) is 54.1 Å². The van der Waals surface area contributed by atoms with E-state index in [4.69, 9.17) is 17.2 Å². The third kappa shape index (κ3) is 8.99. The van der Waals surface area contributed by atoms with Gasteiger partial charge in [0.25, 0.3) is 0 Å². The first-order valence-corrected chi connectivity index (χ1v) is 10.4.